The number of Topliss-reactive ketones (excluding diaryl/α,β-unsaturated/α-hetero) is 1. The Labute approximate surface area is 157 Å². The van der Waals surface area contributed by atoms with Gasteiger partial charge in [-0.05, 0) is 24.1 Å². The Kier molecular flexibility index (Phi) is 5.44. The monoisotopic (exact) mass is 371 g/mol. The molecule has 5 nitrogen and oxygen atoms in total. The summed E-state index contributed by atoms with van der Waals surface area (Å²) in [6.07, 6.45) is 0.258. The van der Waals surface area contributed by atoms with Crippen molar-refractivity contribution in [2.45, 2.75) is 25.8 Å². The van der Waals surface area contributed by atoms with E-state index in [2.05, 4.69) is 0 Å². The van der Waals surface area contributed by atoms with Crippen molar-refractivity contribution in [3.05, 3.63) is 58.9 Å². The Morgan fingerprint density at radius 3 is 2.70 bits per heavy atom. The van der Waals surface area contributed by atoms with Crippen molar-refractivity contribution in [1.29, 1.82) is 0 Å². The third-order valence-corrected chi connectivity index (χ3v) is 4.79. The average molecular weight is 371 g/mol. The van der Waals surface area contributed by atoms with Gasteiger partial charge in [0, 0.05) is 31.1 Å². The Balaban J connectivity index is 1.69. The van der Waals surface area contributed by atoms with Crippen LogP contribution >= 0.6 is 0 Å². The lowest BCUT2D eigenvalue weighted by atomic mass is 10.0. The summed E-state index contributed by atoms with van der Waals surface area (Å²) in [6.45, 7) is 1.94. The van der Waals surface area contributed by atoms with Crippen molar-refractivity contribution >= 4 is 11.7 Å². The number of nitrogens with zero attached hydrogens (tertiary/aromatic N) is 1. The normalized spacial score (nSPS) is 15.4. The van der Waals surface area contributed by atoms with Gasteiger partial charge in [0.2, 0.25) is 0 Å². The predicted octanol–water partition coefficient (Wildman–Crippen LogP) is 3.56. The molecule has 0 N–H and O–H groups in total. The van der Waals surface area contributed by atoms with Crippen LogP contribution in [-0.2, 0) is 11.3 Å². The molecule has 0 heterocycles. The number of ketones is 1. The molecule has 6 heteroatoms. The van der Waals surface area contributed by atoms with Gasteiger partial charge >= 0.3 is 0 Å². The van der Waals surface area contributed by atoms with Crippen molar-refractivity contribution in [2.75, 3.05) is 20.8 Å². The maximum Gasteiger partial charge on any atom is 0.260 e. The molecule has 1 aliphatic rings. The molecule has 1 atom stereocenters. The van der Waals surface area contributed by atoms with Gasteiger partial charge in [-0.3, -0.25) is 9.59 Å². The van der Waals surface area contributed by atoms with Crippen LogP contribution in [0.3, 0.4) is 0 Å². The lowest BCUT2D eigenvalue weighted by molar-refractivity contribution is -0.132. The Bertz CT molecular complexity index is 880. The van der Waals surface area contributed by atoms with E-state index in [1.165, 1.54) is 17.0 Å². The van der Waals surface area contributed by atoms with E-state index in [-0.39, 0.29) is 41.9 Å². The molecule has 142 valence electrons. The molecule has 2 aromatic carbocycles. The van der Waals surface area contributed by atoms with E-state index < -0.39 is 5.82 Å². The summed E-state index contributed by atoms with van der Waals surface area (Å²) in [7, 11) is 3.25. The molecule has 0 aliphatic heterocycles. The van der Waals surface area contributed by atoms with Crippen LogP contribution in [0.25, 0.3) is 0 Å². The summed E-state index contributed by atoms with van der Waals surface area (Å²) in [5.41, 5.74) is 1.53. The molecule has 0 spiro atoms. The lowest BCUT2D eigenvalue weighted by Gasteiger charge is -2.19. The molecule has 2 aromatic rings. The summed E-state index contributed by atoms with van der Waals surface area (Å²) in [5.74, 6) is -0.0246. The number of carbonyl (C=O) groups is 2. The van der Waals surface area contributed by atoms with Crippen molar-refractivity contribution in [2.24, 2.45) is 0 Å². The van der Waals surface area contributed by atoms with Gasteiger partial charge in [0.25, 0.3) is 5.91 Å². The average Bonchev–Trinajstić information content (AvgIpc) is 2.96. The van der Waals surface area contributed by atoms with Crippen LogP contribution in [0.4, 0.5) is 4.39 Å². The minimum absolute atomic E-state index is 0.151. The molecule has 0 saturated carbocycles. The van der Waals surface area contributed by atoms with Crippen LogP contribution in [0.5, 0.6) is 11.5 Å². The first-order chi connectivity index (χ1) is 12.9. The minimum Gasteiger partial charge on any atom is -0.496 e. The van der Waals surface area contributed by atoms with Gasteiger partial charge in [-0.2, -0.15) is 0 Å². The molecule has 27 heavy (non-hydrogen) atoms. The van der Waals surface area contributed by atoms with Gasteiger partial charge < -0.3 is 14.4 Å². The lowest BCUT2D eigenvalue weighted by Crippen LogP contribution is -2.31. The molecule has 0 unspecified atom stereocenters. The van der Waals surface area contributed by atoms with Crippen LogP contribution in [-0.4, -0.2) is 37.4 Å². The molecule has 0 saturated heterocycles. The maximum atomic E-state index is 14.0. The first-order valence-electron chi connectivity index (χ1n) is 8.76. The number of hydrogen-bond donors (Lipinski definition) is 0. The highest BCUT2D eigenvalue weighted by atomic mass is 19.1. The highest BCUT2D eigenvalue weighted by Gasteiger charge is 2.32. The number of benzene rings is 2. The SMILES string of the molecule is COc1ccccc1CN(C)C(=O)COc1ccc(F)c2c1C(=O)C[C@@H]2C. The summed E-state index contributed by atoms with van der Waals surface area (Å²) in [6, 6.07) is 10.2. The molecular weight excluding hydrogens is 349 g/mol. The number of carbonyl (C=O) groups excluding carboxylic acids is 2. The number of amides is 1. The third kappa shape index (κ3) is 3.79. The molecule has 0 radical (unpaired) electrons. The summed E-state index contributed by atoms with van der Waals surface area (Å²) in [4.78, 5) is 26.1. The number of hydrogen-bond acceptors (Lipinski definition) is 4. The number of ether oxygens (including phenoxy) is 2. The molecule has 0 fully saturated rings. The first kappa shape index (κ1) is 18.9. The van der Waals surface area contributed by atoms with E-state index in [4.69, 9.17) is 9.47 Å². The molecule has 1 amide bonds. The van der Waals surface area contributed by atoms with Gasteiger partial charge in [0.1, 0.15) is 17.3 Å². The van der Waals surface area contributed by atoms with Gasteiger partial charge in [-0.15, -0.1) is 0 Å². The standard InChI is InChI=1S/C21H22FNO4/c1-13-10-16(24)21-18(9-8-15(22)20(13)21)27-12-19(25)23(2)11-14-6-4-5-7-17(14)26-3/h4-9,13H,10-12H2,1-3H3/t13-/m0/s1. The molecular formula is C21H22FNO4. The quantitative estimate of drug-likeness (QED) is 0.779. The number of halogens is 1. The first-order valence-corrected chi connectivity index (χ1v) is 8.76. The Morgan fingerprint density at radius 2 is 1.96 bits per heavy atom. The second-order valence-electron chi connectivity index (χ2n) is 6.71. The summed E-state index contributed by atoms with van der Waals surface area (Å²) < 4.78 is 24.9. The fraction of sp³-hybridized carbons (Fsp3) is 0.333. The number of fused-ring (bicyclic) bond motifs is 1. The predicted molar refractivity (Wildman–Crippen MR) is 98.7 cm³/mol. The van der Waals surface area contributed by atoms with E-state index in [0.717, 1.165) is 5.56 Å². The molecule has 3 rings (SSSR count). The highest BCUT2D eigenvalue weighted by Crippen LogP contribution is 2.39. The van der Waals surface area contributed by atoms with Crippen LogP contribution in [0, 0.1) is 5.82 Å². The zero-order valence-electron chi connectivity index (χ0n) is 15.6. The van der Waals surface area contributed by atoms with Gasteiger partial charge in [-0.25, -0.2) is 4.39 Å². The Hall–Kier alpha value is -2.89. The number of para-hydroxylation sites is 1. The third-order valence-electron chi connectivity index (χ3n) is 4.79. The molecule has 1 aliphatic carbocycles. The molecule has 0 bridgehead atoms. The van der Waals surface area contributed by atoms with Crippen LogP contribution < -0.4 is 9.47 Å². The zero-order chi connectivity index (χ0) is 19.6. The van der Waals surface area contributed by atoms with Crippen LogP contribution in [0.1, 0.15) is 40.7 Å². The van der Waals surface area contributed by atoms with Crippen molar-refractivity contribution in [3.8, 4) is 11.5 Å². The van der Waals surface area contributed by atoms with Crippen LogP contribution in [0.2, 0.25) is 0 Å². The van der Waals surface area contributed by atoms with E-state index in [1.807, 2.05) is 31.2 Å². The van der Waals surface area contributed by atoms with Crippen molar-refractivity contribution in [3.63, 3.8) is 0 Å². The van der Waals surface area contributed by atoms with E-state index in [9.17, 15) is 14.0 Å². The summed E-state index contributed by atoms with van der Waals surface area (Å²) >= 11 is 0. The second-order valence-corrected chi connectivity index (χ2v) is 6.71. The van der Waals surface area contributed by atoms with Crippen molar-refractivity contribution < 1.29 is 23.5 Å². The number of likely N-dealkylation sites (N-methyl/N-ethyl adjacent to an activating group) is 1. The van der Waals surface area contributed by atoms with E-state index in [0.29, 0.717) is 17.9 Å². The largest absolute Gasteiger partial charge is 0.496 e. The molecule has 0 aromatic heterocycles. The minimum atomic E-state index is -0.407. The van der Waals surface area contributed by atoms with E-state index >= 15 is 0 Å². The zero-order valence-corrected chi connectivity index (χ0v) is 15.6. The summed E-state index contributed by atoms with van der Waals surface area (Å²) in [5, 5.41) is 0. The Morgan fingerprint density at radius 1 is 1.22 bits per heavy atom. The second kappa shape index (κ2) is 7.78. The fourth-order valence-electron chi connectivity index (χ4n) is 3.37. The van der Waals surface area contributed by atoms with Crippen LogP contribution in [0.15, 0.2) is 36.4 Å². The van der Waals surface area contributed by atoms with Crippen molar-refractivity contribution in [1.82, 2.24) is 4.90 Å². The maximum absolute atomic E-state index is 14.0. The van der Waals surface area contributed by atoms with Gasteiger partial charge in [0.15, 0.2) is 12.4 Å². The van der Waals surface area contributed by atoms with E-state index in [1.54, 1.807) is 14.2 Å². The smallest absolute Gasteiger partial charge is 0.260 e. The highest BCUT2D eigenvalue weighted by molar-refractivity contribution is 6.03. The van der Waals surface area contributed by atoms with Gasteiger partial charge in [0.05, 0.1) is 12.7 Å². The number of methoxy groups -OCH3 is 1. The number of rotatable bonds is 6. The fourth-order valence-corrected chi connectivity index (χ4v) is 3.37. The van der Waals surface area contributed by atoms with Gasteiger partial charge in [-0.1, -0.05) is 25.1 Å². The topological polar surface area (TPSA) is 55.8 Å².